The number of carbonyl (C=O) groups excluding carboxylic acids is 1. The van der Waals surface area contributed by atoms with Gasteiger partial charge in [-0.25, -0.2) is 8.42 Å². The van der Waals surface area contributed by atoms with Crippen LogP contribution in [0.5, 0.6) is 0 Å². The number of hydrogen-bond acceptors (Lipinski definition) is 3. The Morgan fingerprint density at radius 1 is 0.958 bits per heavy atom. The summed E-state index contributed by atoms with van der Waals surface area (Å²) in [5.41, 5.74) is 1.84. The fraction of sp³-hybridized carbons (Fsp3) is 0.316. The summed E-state index contributed by atoms with van der Waals surface area (Å²) in [6.07, 6.45) is 0. The zero-order valence-corrected chi connectivity index (χ0v) is 15.0. The van der Waals surface area contributed by atoms with Crippen LogP contribution in [0.3, 0.4) is 0 Å². The molecule has 0 aliphatic rings. The number of carbonyl (C=O) groups is 1. The number of nitrogens with one attached hydrogen (secondary N) is 1. The van der Waals surface area contributed by atoms with E-state index in [0.29, 0.717) is 4.90 Å². The van der Waals surface area contributed by atoms with Crippen molar-refractivity contribution in [1.82, 2.24) is 5.32 Å². The molecule has 1 N–H and O–H groups in total. The first-order chi connectivity index (χ1) is 11.3. The Labute approximate surface area is 143 Å². The van der Waals surface area contributed by atoms with Gasteiger partial charge in [0, 0.05) is 0 Å². The molecule has 0 saturated carbocycles. The van der Waals surface area contributed by atoms with Gasteiger partial charge >= 0.3 is 0 Å². The van der Waals surface area contributed by atoms with E-state index in [9.17, 15) is 13.2 Å². The second kappa shape index (κ2) is 7.62. The van der Waals surface area contributed by atoms with Crippen molar-refractivity contribution < 1.29 is 13.2 Å². The van der Waals surface area contributed by atoms with E-state index in [0.717, 1.165) is 11.1 Å². The smallest absolute Gasteiger partial charge is 0.227 e. The molecule has 4 nitrogen and oxygen atoms in total. The second-order valence-corrected chi connectivity index (χ2v) is 8.11. The van der Waals surface area contributed by atoms with Gasteiger partial charge in [-0.2, -0.15) is 0 Å². The van der Waals surface area contributed by atoms with Crippen LogP contribution in [0.15, 0.2) is 59.5 Å². The first-order valence-corrected chi connectivity index (χ1v) is 9.68. The largest absolute Gasteiger partial charge is 0.349 e. The van der Waals surface area contributed by atoms with Crippen LogP contribution in [0.25, 0.3) is 0 Å². The van der Waals surface area contributed by atoms with Crippen molar-refractivity contribution in [2.45, 2.75) is 37.6 Å². The lowest BCUT2D eigenvalue weighted by Crippen LogP contribution is -2.30. The SMILES string of the molecule is CCS(=O)(=O)c1ccc([C@@H](C)NC(=O)[C@H](C)c2ccccc2)cc1. The Bertz CT molecular complexity index is 783. The van der Waals surface area contributed by atoms with Crippen molar-refractivity contribution in [3.05, 3.63) is 65.7 Å². The monoisotopic (exact) mass is 345 g/mol. The summed E-state index contributed by atoms with van der Waals surface area (Å²) < 4.78 is 23.7. The molecule has 0 aliphatic heterocycles. The third-order valence-corrected chi connectivity index (χ3v) is 5.92. The van der Waals surface area contributed by atoms with Gasteiger partial charge in [-0.05, 0) is 37.1 Å². The minimum absolute atomic E-state index is 0.0565. The molecule has 0 fully saturated rings. The summed E-state index contributed by atoms with van der Waals surface area (Å²) in [5.74, 6) is -0.222. The Morgan fingerprint density at radius 2 is 1.54 bits per heavy atom. The van der Waals surface area contributed by atoms with Crippen LogP contribution in [0.1, 0.15) is 43.9 Å². The van der Waals surface area contributed by atoms with Crippen molar-refractivity contribution in [2.75, 3.05) is 5.75 Å². The molecule has 2 aromatic carbocycles. The van der Waals surface area contributed by atoms with Gasteiger partial charge in [0.05, 0.1) is 22.6 Å². The quantitative estimate of drug-likeness (QED) is 0.872. The molecule has 0 radical (unpaired) electrons. The van der Waals surface area contributed by atoms with Gasteiger partial charge in [0.1, 0.15) is 0 Å². The van der Waals surface area contributed by atoms with Crippen molar-refractivity contribution in [2.24, 2.45) is 0 Å². The Hall–Kier alpha value is -2.14. The minimum Gasteiger partial charge on any atom is -0.349 e. The Kier molecular flexibility index (Phi) is 5.78. The highest BCUT2D eigenvalue weighted by Gasteiger charge is 2.18. The van der Waals surface area contributed by atoms with E-state index in [2.05, 4.69) is 5.32 Å². The second-order valence-electron chi connectivity index (χ2n) is 5.84. The zero-order valence-electron chi connectivity index (χ0n) is 14.2. The molecular weight excluding hydrogens is 322 g/mol. The summed E-state index contributed by atoms with van der Waals surface area (Å²) >= 11 is 0. The van der Waals surface area contributed by atoms with Gasteiger partial charge in [0.25, 0.3) is 0 Å². The molecule has 2 aromatic rings. The molecule has 5 heteroatoms. The first kappa shape index (κ1) is 18.2. The number of sulfone groups is 1. The van der Waals surface area contributed by atoms with Crippen LogP contribution in [0, 0.1) is 0 Å². The molecule has 0 bridgehead atoms. The highest BCUT2D eigenvalue weighted by Crippen LogP contribution is 2.20. The molecule has 0 heterocycles. The zero-order chi connectivity index (χ0) is 17.7. The van der Waals surface area contributed by atoms with Crippen LogP contribution in [0.2, 0.25) is 0 Å². The topological polar surface area (TPSA) is 63.2 Å². The molecule has 24 heavy (non-hydrogen) atoms. The maximum Gasteiger partial charge on any atom is 0.227 e. The molecule has 0 spiro atoms. The van der Waals surface area contributed by atoms with E-state index in [-0.39, 0.29) is 23.6 Å². The highest BCUT2D eigenvalue weighted by molar-refractivity contribution is 7.91. The number of benzene rings is 2. The van der Waals surface area contributed by atoms with Crippen molar-refractivity contribution in [3.63, 3.8) is 0 Å². The van der Waals surface area contributed by atoms with Gasteiger partial charge in [-0.15, -0.1) is 0 Å². The van der Waals surface area contributed by atoms with Crippen LogP contribution < -0.4 is 5.32 Å². The summed E-state index contributed by atoms with van der Waals surface area (Å²) in [5, 5.41) is 2.98. The lowest BCUT2D eigenvalue weighted by atomic mass is 9.99. The number of amides is 1. The Morgan fingerprint density at radius 3 is 2.08 bits per heavy atom. The summed E-state index contributed by atoms with van der Waals surface area (Å²) in [6, 6.07) is 16.1. The van der Waals surface area contributed by atoms with Crippen molar-refractivity contribution >= 4 is 15.7 Å². The predicted octanol–water partition coefficient (Wildman–Crippen LogP) is 3.46. The van der Waals surface area contributed by atoms with Crippen molar-refractivity contribution in [1.29, 1.82) is 0 Å². The molecule has 128 valence electrons. The average Bonchev–Trinajstić information content (AvgIpc) is 2.61. The summed E-state index contributed by atoms with van der Waals surface area (Å²) in [7, 11) is -3.20. The fourth-order valence-electron chi connectivity index (χ4n) is 2.45. The lowest BCUT2D eigenvalue weighted by Gasteiger charge is -2.18. The lowest BCUT2D eigenvalue weighted by molar-refractivity contribution is -0.122. The van der Waals surface area contributed by atoms with Crippen LogP contribution in [0.4, 0.5) is 0 Å². The van der Waals surface area contributed by atoms with Gasteiger partial charge in [0.15, 0.2) is 9.84 Å². The third kappa shape index (κ3) is 4.23. The molecule has 0 aliphatic carbocycles. The van der Waals surface area contributed by atoms with E-state index >= 15 is 0 Å². The molecule has 1 amide bonds. The number of rotatable bonds is 6. The molecule has 0 saturated heterocycles. The molecule has 0 aromatic heterocycles. The summed E-state index contributed by atoms with van der Waals surface area (Å²) in [6.45, 7) is 5.38. The van der Waals surface area contributed by atoms with E-state index < -0.39 is 9.84 Å². The predicted molar refractivity (Wildman–Crippen MR) is 95.6 cm³/mol. The van der Waals surface area contributed by atoms with Gasteiger partial charge < -0.3 is 5.32 Å². The van der Waals surface area contributed by atoms with Crippen LogP contribution in [-0.4, -0.2) is 20.1 Å². The van der Waals surface area contributed by atoms with E-state index in [1.807, 2.05) is 44.2 Å². The van der Waals surface area contributed by atoms with Gasteiger partial charge in [0.2, 0.25) is 5.91 Å². The van der Waals surface area contributed by atoms with Gasteiger partial charge in [-0.3, -0.25) is 4.79 Å². The fourth-order valence-corrected chi connectivity index (χ4v) is 3.33. The van der Waals surface area contributed by atoms with E-state index in [4.69, 9.17) is 0 Å². The normalized spacial score (nSPS) is 14.0. The first-order valence-electron chi connectivity index (χ1n) is 8.03. The molecule has 0 unspecified atom stereocenters. The number of hydrogen-bond donors (Lipinski definition) is 1. The van der Waals surface area contributed by atoms with Gasteiger partial charge in [-0.1, -0.05) is 49.4 Å². The van der Waals surface area contributed by atoms with Crippen LogP contribution in [-0.2, 0) is 14.6 Å². The average molecular weight is 345 g/mol. The van der Waals surface area contributed by atoms with E-state index in [1.54, 1.807) is 31.2 Å². The molecule has 2 atom stereocenters. The maximum absolute atomic E-state index is 12.4. The third-order valence-electron chi connectivity index (χ3n) is 4.17. The van der Waals surface area contributed by atoms with E-state index in [1.165, 1.54) is 0 Å². The summed E-state index contributed by atoms with van der Waals surface area (Å²) in [4.78, 5) is 12.7. The van der Waals surface area contributed by atoms with Crippen LogP contribution >= 0.6 is 0 Å². The molecule has 2 rings (SSSR count). The molecular formula is C19H23NO3S. The van der Waals surface area contributed by atoms with Crippen molar-refractivity contribution in [3.8, 4) is 0 Å². The highest BCUT2D eigenvalue weighted by atomic mass is 32.2. The minimum atomic E-state index is -3.20. The standard InChI is InChI=1S/C19H23NO3S/c1-4-24(22,23)18-12-10-17(11-13-18)15(3)20-19(21)14(2)16-8-6-5-7-9-16/h5-15H,4H2,1-3H3,(H,20,21)/t14-,15-/m1/s1. The Balaban J connectivity index is 2.07. The maximum atomic E-state index is 12.4.